The van der Waals surface area contributed by atoms with E-state index in [0.717, 1.165) is 19.3 Å². The van der Waals surface area contributed by atoms with E-state index in [1.54, 1.807) is 0 Å². The second-order valence-electron chi connectivity index (χ2n) is 5.12. The molecule has 3 rings (SSSR count). The largest absolute Gasteiger partial charge is 0.345 e. The molecule has 1 N–H and O–H groups in total. The number of pyridine rings is 1. The first kappa shape index (κ1) is 14.4. The van der Waals surface area contributed by atoms with Crippen LogP contribution >= 0.6 is 23.2 Å². The third-order valence-electron chi connectivity index (χ3n) is 3.70. The molecule has 0 bridgehead atoms. The molecule has 3 nitrogen and oxygen atoms in total. The van der Waals surface area contributed by atoms with Crippen LogP contribution in [0.1, 0.15) is 40.4 Å². The number of aryl methyl sites for hydroxylation is 1. The van der Waals surface area contributed by atoms with Crippen LogP contribution < -0.4 is 5.32 Å². The van der Waals surface area contributed by atoms with Crippen LogP contribution in [0.25, 0.3) is 0 Å². The number of hydrogen-bond donors (Lipinski definition) is 1. The molecule has 0 aliphatic heterocycles. The van der Waals surface area contributed by atoms with Crippen molar-refractivity contribution >= 4 is 29.1 Å². The Morgan fingerprint density at radius 2 is 1.90 bits per heavy atom. The normalized spacial score (nSPS) is 17.1. The van der Waals surface area contributed by atoms with Gasteiger partial charge in [-0.15, -0.1) is 0 Å². The lowest BCUT2D eigenvalue weighted by Crippen LogP contribution is -2.31. The summed E-state index contributed by atoms with van der Waals surface area (Å²) in [5, 5.41) is 3.50. The number of fused-ring (bicyclic) bond motifs is 1. The van der Waals surface area contributed by atoms with Gasteiger partial charge in [-0.3, -0.25) is 4.79 Å². The molecule has 1 aliphatic rings. The molecule has 1 aromatic carbocycles. The van der Waals surface area contributed by atoms with Crippen LogP contribution in [0.3, 0.4) is 0 Å². The van der Waals surface area contributed by atoms with E-state index in [1.807, 2.05) is 12.1 Å². The molecule has 2 aromatic rings. The lowest BCUT2D eigenvalue weighted by Gasteiger charge is -2.26. The van der Waals surface area contributed by atoms with Crippen LogP contribution in [0.15, 0.2) is 36.4 Å². The molecular weight excluding hydrogens is 307 g/mol. The van der Waals surface area contributed by atoms with Crippen molar-refractivity contribution in [2.45, 2.75) is 25.3 Å². The molecule has 0 unspecified atom stereocenters. The third-order valence-corrected chi connectivity index (χ3v) is 4.09. The second-order valence-corrected chi connectivity index (χ2v) is 5.89. The first-order valence-corrected chi connectivity index (χ1v) is 7.61. The fraction of sp³-hybridized carbons (Fsp3) is 0.250. The molecule has 1 aliphatic carbocycles. The number of nitrogens with zero attached hydrogens (tertiary/aromatic N) is 1. The molecular formula is C16H14Cl2N2O. The number of carbonyl (C=O) groups excluding carboxylic acids is 1. The van der Waals surface area contributed by atoms with Crippen molar-refractivity contribution in [1.82, 2.24) is 10.3 Å². The number of aromatic nitrogens is 1. The number of benzene rings is 1. The Morgan fingerprint density at radius 1 is 1.19 bits per heavy atom. The quantitative estimate of drug-likeness (QED) is 0.843. The topological polar surface area (TPSA) is 42.0 Å². The second kappa shape index (κ2) is 6.04. The average Bonchev–Trinajstić information content (AvgIpc) is 2.46. The Hall–Kier alpha value is -1.58. The molecule has 1 amide bonds. The summed E-state index contributed by atoms with van der Waals surface area (Å²) >= 11 is 11.7. The summed E-state index contributed by atoms with van der Waals surface area (Å²) in [6.45, 7) is 0. The Bertz CT molecular complexity index is 667. The van der Waals surface area contributed by atoms with Crippen LogP contribution in [-0.2, 0) is 6.42 Å². The SMILES string of the molecule is O=C(N[C@@H]1CCCc2ccccc21)c1cc(Cl)nc(Cl)c1. The van der Waals surface area contributed by atoms with Gasteiger partial charge in [-0.05, 0) is 42.5 Å². The van der Waals surface area contributed by atoms with E-state index in [-0.39, 0.29) is 22.3 Å². The summed E-state index contributed by atoms with van der Waals surface area (Å²) in [7, 11) is 0. The van der Waals surface area contributed by atoms with Gasteiger partial charge in [0.05, 0.1) is 6.04 Å². The van der Waals surface area contributed by atoms with Crippen LogP contribution in [0.4, 0.5) is 0 Å². The Balaban J connectivity index is 1.82. The van der Waals surface area contributed by atoms with Gasteiger partial charge in [0, 0.05) is 5.56 Å². The zero-order valence-electron chi connectivity index (χ0n) is 11.3. The summed E-state index contributed by atoms with van der Waals surface area (Å²) in [6, 6.07) is 11.3. The van der Waals surface area contributed by atoms with E-state index < -0.39 is 0 Å². The Kier molecular flexibility index (Phi) is 4.13. The van der Waals surface area contributed by atoms with Gasteiger partial charge in [0.15, 0.2) is 0 Å². The summed E-state index contributed by atoms with van der Waals surface area (Å²) in [4.78, 5) is 16.2. The van der Waals surface area contributed by atoms with Crippen LogP contribution in [0.5, 0.6) is 0 Å². The van der Waals surface area contributed by atoms with E-state index in [2.05, 4.69) is 22.4 Å². The fourth-order valence-corrected chi connectivity index (χ4v) is 3.20. The Labute approximate surface area is 133 Å². The number of rotatable bonds is 2. The lowest BCUT2D eigenvalue weighted by atomic mass is 9.87. The molecule has 0 saturated heterocycles. The predicted octanol–water partition coefficient (Wildman–Crippen LogP) is 4.20. The zero-order valence-corrected chi connectivity index (χ0v) is 12.8. The maximum Gasteiger partial charge on any atom is 0.251 e. The van der Waals surface area contributed by atoms with E-state index >= 15 is 0 Å². The highest BCUT2D eigenvalue weighted by Gasteiger charge is 2.22. The van der Waals surface area contributed by atoms with Gasteiger partial charge < -0.3 is 5.32 Å². The predicted molar refractivity (Wildman–Crippen MR) is 83.8 cm³/mol. The number of halogens is 2. The first-order valence-electron chi connectivity index (χ1n) is 6.85. The molecule has 0 spiro atoms. The van der Waals surface area contributed by atoms with Gasteiger partial charge in [0.2, 0.25) is 0 Å². The standard InChI is InChI=1S/C16H14Cl2N2O/c17-14-8-11(9-15(18)20-14)16(21)19-13-7-3-5-10-4-1-2-6-12(10)13/h1-2,4,6,8-9,13H,3,5,7H2,(H,19,21)/t13-/m1/s1. The minimum absolute atomic E-state index is 0.0353. The van der Waals surface area contributed by atoms with E-state index in [0.29, 0.717) is 5.56 Å². The molecule has 1 aromatic heterocycles. The molecule has 0 radical (unpaired) electrons. The highest BCUT2D eigenvalue weighted by Crippen LogP contribution is 2.29. The van der Waals surface area contributed by atoms with Crippen molar-refractivity contribution in [1.29, 1.82) is 0 Å². The molecule has 1 atom stereocenters. The summed E-state index contributed by atoms with van der Waals surface area (Å²) in [6.07, 6.45) is 3.07. The van der Waals surface area contributed by atoms with Crippen LogP contribution in [0.2, 0.25) is 10.3 Å². The monoisotopic (exact) mass is 320 g/mol. The van der Waals surface area contributed by atoms with Crippen molar-refractivity contribution in [3.8, 4) is 0 Å². The number of nitrogens with one attached hydrogen (secondary N) is 1. The van der Waals surface area contributed by atoms with Gasteiger partial charge in [0.25, 0.3) is 5.91 Å². The van der Waals surface area contributed by atoms with Crippen molar-refractivity contribution in [3.05, 3.63) is 63.4 Å². The maximum atomic E-state index is 12.4. The highest BCUT2D eigenvalue weighted by molar-refractivity contribution is 6.33. The van der Waals surface area contributed by atoms with Crippen LogP contribution in [0, 0.1) is 0 Å². The first-order chi connectivity index (χ1) is 10.1. The molecule has 0 saturated carbocycles. The smallest absolute Gasteiger partial charge is 0.251 e. The maximum absolute atomic E-state index is 12.4. The van der Waals surface area contributed by atoms with Gasteiger partial charge in [-0.25, -0.2) is 4.98 Å². The van der Waals surface area contributed by atoms with E-state index in [9.17, 15) is 4.79 Å². The van der Waals surface area contributed by atoms with Gasteiger partial charge in [-0.2, -0.15) is 0 Å². The average molecular weight is 321 g/mol. The molecule has 21 heavy (non-hydrogen) atoms. The minimum Gasteiger partial charge on any atom is -0.345 e. The van der Waals surface area contributed by atoms with Crippen molar-refractivity contribution < 1.29 is 4.79 Å². The molecule has 1 heterocycles. The number of amides is 1. The fourth-order valence-electron chi connectivity index (χ4n) is 2.74. The summed E-state index contributed by atoms with van der Waals surface area (Å²) in [5.74, 6) is -0.178. The summed E-state index contributed by atoms with van der Waals surface area (Å²) in [5.41, 5.74) is 2.94. The molecule has 0 fully saturated rings. The van der Waals surface area contributed by atoms with E-state index in [4.69, 9.17) is 23.2 Å². The van der Waals surface area contributed by atoms with Gasteiger partial charge in [0.1, 0.15) is 10.3 Å². The van der Waals surface area contributed by atoms with Gasteiger partial charge >= 0.3 is 0 Å². The van der Waals surface area contributed by atoms with Crippen LogP contribution in [-0.4, -0.2) is 10.9 Å². The van der Waals surface area contributed by atoms with Crippen molar-refractivity contribution in [2.24, 2.45) is 0 Å². The van der Waals surface area contributed by atoms with Gasteiger partial charge in [-0.1, -0.05) is 47.5 Å². The number of hydrogen-bond acceptors (Lipinski definition) is 2. The minimum atomic E-state index is -0.178. The zero-order chi connectivity index (χ0) is 14.8. The van der Waals surface area contributed by atoms with E-state index in [1.165, 1.54) is 23.3 Å². The summed E-state index contributed by atoms with van der Waals surface area (Å²) < 4.78 is 0. The highest BCUT2D eigenvalue weighted by atomic mass is 35.5. The van der Waals surface area contributed by atoms with Crippen molar-refractivity contribution in [3.63, 3.8) is 0 Å². The number of carbonyl (C=O) groups is 1. The Morgan fingerprint density at radius 3 is 2.67 bits per heavy atom. The van der Waals surface area contributed by atoms with Crippen molar-refractivity contribution in [2.75, 3.05) is 0 Å². The lowest BCUT2D eigenvalue weighted by molar-refractivity contribution is 0.0932. The molecule has 5 heteroatoms. The third kappa shape index (κ3) is 3.20. The molecule has 108 valence electrons.